The van der Waals surface area contributed by atoms with E-state index in [1.54, 1.807) is 12.1 Å². The highest BCUT2D eigenvalue weighted by molar-refractivity contribution is 6.15. The van der Waals surface area contributed by atoms with Crippen molar-refractivity contribution < 1.29 is 19.8 Å². The number of fused-ring (bicyclic) bond motifs is 3. The lowest BCUT2D eigenvalue weighted by Gasteiger charge is -2.31. The molecule has 4 heteroatoms. The molecule has 27 heavy (non-hydrogen) atoms. The predicted molar refractivity (Wildman–Crippen MR) is 105 cm³/mol. The summed E-state index contributed by atoms with van der Waals surface area (Å²) in [6.45, 7) is 10.3. The van der Waals surface area contributed by atoms with Crippen molar-refractivity contribution >= 4 is 11.9 Å². The van der Waals surface area contributed by atoms with Gasteiger partial charge in [-0.05, 0) is 57.2 Å². The Morgan fingerprint density at radius 3 is 2.04 bits per heavy atom. The summed E-state index contributed by atoms with van der Waals surface area (Å²) >= 11 is 0. The second-order valence-electron chi connectivity index (χ2n) is 8.17. The molecule has 0 bridgehead atoms. The largest absolute Gasteiger partial charge is 0.480 e. The summed E-state index contributed by atoms with van der Waals surface area (Å²) in [5.74, 6) is -2.67. The molecule has 2 aromatic carbocycles. The second-order valence-corrected chi connectivity index (χ2v) is 8.17. The van der Waals surface area contributed by atoms with Gasteiger partial charge in [0.05, 0.1) is 0 Å². The first-order chi connectivity index (χ1) is 12.6. The summed E-state index contributed by atoms with van der Waals surface area (Å²) in [5, 5.41) is 20.4. The van der Waals surface area contributed by atoms with Crippen molar-refractivity contribution in [1.82, 2.24) is 0 Å². The Bertz CT molecular complexity index is 934. The van der Waals surface area contributed by atoms with E-state index in [1.807, 2.05) is 25.1 Å². The van der Waals surface area contributed by atoms with Crippen LogP contribution < -0.4 is 0 Å². The number of benzene rings is 2. The molecular formula is C23H26O4. The minimum Gasteiger partial charge on any atom is -0.480 e. The Morgan fingerprint density at radius 2 is 1.56 bits per heavy atom. The molecule has 0 saturated heterocycles. The lowest BCUT2D eigenvalue weighted by Crippen LogP contribution is -2.44. The van der Waals surface area contributed by atoms with Crippen LogP contribution in [0, 0.1) is 0 Å². The number of rotatable bonds is 4. The topological polar surface area (TPSA) is 74.6 Å². The monoisotopic (exact) mass is 366 g/mol. The fourth-order valence-corrected chi connectivity index (χ4v) is 4.72. The molecule has 142 valence electrons. The molecule has 0 saturated carbocycles. The SMILES string of the molecule is CCc1cc2c(c(CC)c1C(C)(C)C)C(C(=O)O)(C(=O)O)c1ccccc1-2. The molecular weight excluding hydrogens is 340 g/mol. The zero-order chi connectivity index (χ0) is 20.1. The fourth-order valence-electron chi connectivity index (χ4n) is 4.72. The van der Waals surface area contributed by atoms with Crippen molar-refractivity contribution in [1.29, 1.82) is 0 Å². The number of carbonyl (C=O) groups is 2. The minimum atomic E-state index is -2.07. The number of hydrogen-bond donors (Lipinski definition) is 2. The first-order valence-electron chi connectivity index (χ1n) is 9.38. The van der Waals surface area contributed by atoms with Crippen LogP contribution >= 0.6 is 0 Å². The molecule has 3 rings (SSSR count). The Labute approximate surface area is 159 Å². The van der Waals surface area contributed by atoms with Gasteiger partial charge in [0, 0.05) is 0 Å². The highest BCUT2D eigenvalue weighted by Gasteiger charge is 2.57. The normalized spacial score (nSPS) is 14.6. The smallest absolute Gasteiger partial charge is 0.330 e. The van der Waals surface area contributed by atoms with Crippen LogP contribution in [0.5, 0.6) is 0 Å². The van der Waals surface area contributed by atoms with Gasteiger partial charge in [-0.3, -0.25) is 9.59 Å². The van der Waals surface area contributed by atoms with Crippen molar-refractivity contribution in [2.75, 3.05) is 0 Å². The Kier molecular flexibility index (Phi) is 4.41. The number of aryl methyl sites for hydroxylation is 1. The van der Waals surface area contributed by atoms with Crippen LogP contribution in [-0.2, 0) is 33.3 Å². The number of carboxylic acids is 2. The molecule has 0 aromatic heterocycles. The molecule has 0 heterocycles. The Hall–Kier alpha value is -2.62. The van der Waals surface area contributed by atoms with Gasteiger partial charge in [0.25, 0.3) is 0 Å². The van der Waals surface area contributed by atoms with Gasteiger partial charge in [-0.15, -0.1) is 0 Å². The molecule has 0 fully saturated rings. The molecule has 2 aromatic rings. The van der Waals surface area contributed by atoms with E-state index in [0.717, 1.165) is 28.7 Å². The average molecular weight is 366 g/mol. The van der Waals surface area contributed by atoms with E-state index in [1.165, 1.54) is 0 Å². The van der Waals surface area contributed by atoms with Gasteiger partial charge >= 0.3 is 11.9 Å². The van der Waals surface area contributed by atoms with Crippen molar-refractivity contribution in [2.45, 2.75) is 58.3 Å². The van der Waals surface area contributed by atoms with Crippen LogP contribution in [0.3, 0.4) is 0 Å². The Morgan fingerprint density at radius 1 is 0.963 bits per heavy atom. The predicted octanol–water partition coefficient (Wildman–Crippen LogP) is 4.54. The number of carboxylic acid groups (broad SMARTS) is 2. The zero-order valence-corrected chi connectivity index (χ0v) is 16.5. The van der Waals surface area contributed by atoms with Crippen molar-refractivity contribution in [3.05, 3.63) is 58.1 Å². The van der Waals surface area contributed by atoms with E-state index in [4.69, 9.17) is 0 Å². The first-order valence-corrected chi connectivity index (χ1v) is 9.38. The van der Waals surface area contributed by atoms with Crippen molar-refractivity contribution in [3.63, 3.8) is 0 Å². The highest BCUT2D eigenvalue weighted by atomic mass is 16.4. The van der Waals surface area contributed by atoms with E-state index in [2.05, 4.69) is 27.7 Å². The summed E-state index contributed by atoms with van der Waals surface area (Å²) < 4.78 is 0. The van der Waals surface area contributed by atoms with E-state index >= 15 is 0 Å². The lowest BCUT2D eigenvalue weighted by atomic mass is 9.70. The molecule has 0 amide bonds. The standard InChI is InChI=1S/C23H26O4/c1-6-13-12-16-15-10-8-9-11-17(15)23(20(24)25,21(26)27)19(16)14(7-2)18(13)22(3,4)5/h8-12H,6-7H2,1-5H3,(H,24,25)(H,26,27). The van der Waals surface area contributed by atoms with Crippen LogP contribution in [0.15, 0.2) is 30.3 Å². The summed E-state index contributed by atoms with van der Waals surface area (Å²) in [4.78, 5) is 25.0. The minimum absolute atomic E-state index is 0.219. The summed E-state index contributed by atoms with van der Waals surface area (Å²) in [6.07, 6.45) is 1.39. The quantitative estimate of drug-likeness (QED) is 0.779. The average Bonchev–Trinajstić information content (AvgIpc) is 2.90. The van der Waals surface area contributed by atoms with Crippen molar-refractivity contribution in [3.8, 4) is 11.1 Å². The van der Waals surface area contributed by atoms with Crippen LogP contribution in [0.4, 0.5) is 0 Å². The lowest BCUT2D eigenvalue weighted by molar-refractivity contribution is -0.155. The number of aliphatic carboxylic acids is 2. The molecule has 0 spiro atoms. The van der Waals surface area contributed by atoms with Crippen LogP contribution in [0.2, 0.25) is 0 Å². The zero-order valence-electron chi connectivity index (χ0n) is 16.5. The molecule has 0 aliphatic heterocycles. The maximum atomic E-state index is 12.5. The van der Waals surface area contributed by atoms with Gasteiger partial charge in [-0.1, -0.05) is 65.0 Å². The molecule has 0 atom stereocenters. The summed E-state index contributed by atoms with van der Waals surface area (Å²) in [7, 11) is 0. The second kappa shape index (κ2) is 6.22. The summed E-state index contributed by atoms with van der Waals surface area (Å²) in [6, 6.07) is 9.03. The molecule has 4 nitrogen and oxygen atoms in total. The summed E-state index contributed by atoms with van der Waals surface area (Å²) in [5.41, 5.74) is 3.05. The molecule has 1 aliphatic rings. The highest BCUT2D eigenvalue weighted by Crippen LogP contribution is 2.53. The molecule has 0 radical (unpaired) electrons. The van der Waals surface area contributed by atoms with Gasteiger partial charge in [0.15, 0.2) is 0 Å². The van der Waals surface area contributed by atoms with E-state index < -0.39 is 17.4 Å². The third-order valence-electron chi connectivity index (χ3n) is 5.63. The molecule has 2 N–H and O–H groups in total. The van der Waals surface area contributed by atoms with E-state index in [9.17, 15) is 19.8 Å². The third-order valence-corrected chi connectivity index (χ3v) is 5.63. The van der Waals surface area contributed by atoms with E-state index in [-0.39, 0.29) is 5.41 Å². The van der Waals surface area contributed by atoms with Crippen LogP contribution in [0.25, 0.3) is 11.1 Å². The van der Waals surface area contributed by atoms with Crippen LogP contribution in [-0.4, -0.2) is 22.2 Å². The molecule has 0 unspecified atom stereocenters. The van der Waals surface area contributed by atoms with Gasteiger partial charge in [-0.2, -0.15) is 0 Å². The van der Waals surface area contributed by atoms with Gasteiger partial charge in [0.2, 0.25) is 5.41 Å². The van der Waals surface area contributed by atoms with Crippen LogP contribution in [0.1, 0.15) is 62.4 Å². The maximum Gasteiger partial charge on any atom is 0.330 e. The Balaban J connectivity index is 2.61. The fraction of sp³-hybridized carbons (Fsp3) is 0.391. The van der Waals surface area contributed by atoms with E-state index in [0.29, 0.717) is 23.1 Å². The van der Waals surface area contributed by atoms with Gasteiger partial charge < -0.3 is 10.2 Å². The van der Waals surface area contributed by atoms with Gasteiger partial charge in [-0.25, -0.2) is 0 Å². The third kappa shape index (κ3) is 2.43. The first kappa shape index (κ1) is 19.2. The van der Waals surface area contributed by atoms with Crippen molar-refractivity contribution in [2.24, 2.45) is 0 Å². The number of hydrogen-bond acceptors (Lipinski definition) is 2. The molecule has 1 aliphatic carbocycles. The maximum absolute atomic E-state index is 12.5. The van der Waals surface area contributed by atoms with Gasteiger partial charge in [0.1, 0.15) is 0 Å².